The van der Waals surface area contributed by atoms with Crippen LogP contribution in [0, 0.1) is 0 Å². The van der Waals surface area contributed by atoms with E-state index in [1.165, 1.54) is 0 Å². The molecule has 0 radical (unpaired) electrons. The molecule has 1 atom stereocenters. The second kappa shape index (κ2) is 4.84. The summed E-state index contributed by atoms with van der Waals surface area (Å²) in [7, 11) is 0. The number of Topliss-reactive ketones (excluding diaryl/α,β-unsaturated/α-hetero) is 1. The highest BCUT2D eigenvalue weighted by Gasteiger charge is 2.22. The molecule has 0 bridgehead atoms. The van der Waals surface area contributed by atoms with Crippen LogP contribution >= 0.6 is 38.5 Å². The van der Waals surface area contributed by atoms with E-state index in [1.807, 2.05) is 48.6 Å². The van der Waals surface area contributed by atoms with Crippen molar-refractivity contribution in [1.82, 2.24) is 0 Å². The fourth-order valence-corrected chi connectivity index (χ4v) is 2.21. The summed E-state index contributed by atoms with van der Waals surface area (Å²) in [4.78, 5) is 12.1. The van der Waals surface area contributed by atoms with Crippen LogP contribution in [0.5, 0.6) is 0 Å². The third-order valence-corrected chi connectivity index (χ3v) is 3.79. The number of carbonyl (C=O) groups excluding carboxylic acids is 1. The molecule has 0 aliphatic heterocycles. The van der Waals surface area contributed by atoms with Gasteiger partial charge in [-0.2, -0.15) is 0 Å². The highest BCUT2D eigenvalue weighted by atomic mass is 127. The van der Waals surface area contributed by atoms with E-state index in [2.05, 4.69) is 38.5 Å². The summed E-state index contributed by atoms with van der Waals surface area (Å²) in [5, 5.41) is 0. The van der Waals surface area contributed by atoms with Crippen molar-refractivity contribution >= 4 is 44.3 Å². The van der Waals surface area contributed by atoms with Crippen LogP contribution in [-0.4, -0.2) is 8.11 Å². The molecule has 3 heteroatoms. The predicted molar refractivity (Wildman–Crippen MR) is 78.3 cm³/mol. The first-order chi connectivity index (χ1) is 7.58. The molecule has 1 aromatic carbocycles. The van der Waals surface area contributed by atoms with Gasteiger partial charge in [0.2, 0.25) is 0 Å². The normalized spacial score (nSPS) is 24.0. The predicted octanol–water partition coefficient (Wildman–Crippen LogP) is 4.28. The van der Waals surface area contributed by atoms with Gasteiger partial charge in [0.25, 0.3) is 0 Å². The first-order valence-electron chi connectivity index (χ1n) is 4.95. The largest absolute Gasteiger partial charge is 0.289 e. The van der Waals surface area contributed by atoms with E-state index in [0.29, 0.717) is 0 Å². The van der Waals surface area contributed by atoms with Crippen molar-refractivity contribution in [2.45, 2.75) is 8.75 Å². The van der Waals surface area contributed by atoms with Crippen LogP contribution in [0.25, 0.3) is 0 Å². The maximum Gasteiger partial charge on any atom is 0.192 e. The third kappa shape index (κ3) is 2.83. The topological polar surface area (TPSA) is 17.1 Å². The zero-order chi connectivity index (χ0) is 11.6. The maximum absolute atomic E-state index is 12.1. The quantitative estimate of drug-likeness (QED) is 0.419. The van der Waals surface area contributed by atoms with Crippen LogP contribution in [0.2, 0.25) is 0 Å². The van der Waals surface area contributed by atoms with E-state index in [4.69, 9.17) is 0 Å². The van der Waals surface area contributed by atoms with Crippen molar-refractivity contribution in [3.05, 3.63) is 59.7 Å². The van der Waals surface area contributed by atoms with Crippen molar-refractivity contribution in [2.75, 3.05) is 0 Å². The van der Waals surface area contributed by atoms with Gasteiger partial charge >= 0.3 is 0 Å². The smallest absolute Gasteiger partial charge is 0.192 e. The molecule has 82 valence electrons. The van der Waals surface area contributed by atoms with Gasteiger partial charge in [-0.05, 0) is 6.42 Å². The van der Waals surface area contributed by atoms with Gasteiger partial charge < -0.3 is 0 Å². The Morgan fingerprint density at radius 3 is 2.56 bits per heavy atom. The van der Waals surface area contributed by atoms with E-state index in [1.54, 1.807) is 0 Å². The molecule has 1 unspecified atom stereocenters. The molecule has 0 spiro atoms. The highest BCUT2D eigenvalue weighted by Crippen LogP contribution is 2.36. The molecule has 1 aliphatic rings. The van der Waals surface area contributed by atoms with E-state index in [9.17, 15) is 4.79 Å². The first-order valence-corrected chi connectivity index (χ1v) is 6.83. The van der Waals surface area contributed by atoms with Gasteiger partial charge in [0.05, 0.1) is 2.33 Å². The number of rotatable bonds is 2. The molecule has 1 aromatic rings. The SMILES string of the molecule is O=C(C1=CCC(Br)(I)C=C1)c1ccccc1. The number of ketones is 1. The molecular formula is C13H10BrIO. The summed E-state index contributed by atoms with van der Waals surface area (Å²) in [6.45, 7) is 0. The van der Waals surface area contributed by atoms with Gasteiger partial charge in [0, 0.05) is 11.1 Å². The Hall–Kier alpha value is -0.420. The molecule has 0 amide bonds. The summed E-state index contributed by atoms with van der Waals surface area (Å²) in [6.07, 6.45) is 6.72. The van der Waals surface area contributed by atoms with Gasteiger partial charge in [-0.3, -0.25) is 4.79 Å². The lowest BCUT2D eigenvalue weighted by atomic mass is 9.98. The second-order valence-electron chi connectivity index (χ2n) is 3.65. The summed E-state index contributed by atoms with van der Waals surface area (Å²) in [5.74, 6) is 0.0938. The number of alkyl halides is 2. The standard InChI is InChI=1S/C13H10BrIO/c14-13(15)8-6-11(7-9-13)12(16)10-4-2-1-3-5-10/h1-8H,9H2. The summed E-state index contributed by atoms with van der Waals surface area (Å²) >= 11 is 5.88. The fourth-order valence-electron chi connectivity index (χ4n) is 1.52. The van der Waals surface area contributed by atoms with Gasteiger partial charge in [0.1, 0.15) is 0 Å². The molecular weight excluding hydrogens is 379 g/mol. The molecule has 2 rings (SSSR count). The zero-order valence-corrected chi connectivity index (χ0v) is 12.2. The van der Waals surface area contributed by atoms with Crippen LogP contribution in [-0.2, 0) is 0 Å². The molecule has 0 saturated carbocycles. The average molecular weight is 389 g/mol. The molecule has 16 heavy (non-hydrogen) atoms. The lowest BCUT2D eigenvalue weighted by Gasteiger charge is -2.18. The van der Waals surface area contributed by atoms with Crippen LogP contribution in [0.1, 0.15) is 16.8 Å². The highest BCUT2D eigenvalue weighted by molar-refractivity contribution is 14.1. The number of hydrogen-bond donors (Lipinski definition) is 0. The average Bonchev–Trinajstić information content (AvgIpc) is 2.29. The first kappa shape index (κ1) is 12.0. The Morgan fingerprint density at radius 1 is 1.31 bits per heavy atom. The van der Waals surface area contributed by atoms with Gasteiger partial charge in [-0.15, -0.1) is 0 Å². The minimum absolute atomic E-state index is 0.0365. The lowest BCUT2D eigenvalue weighted by molar-refractivity contribution is 0.103. The Balaban J connectivity index is 2.20. The zero-order valence-electron chi connectivity index (χ0n) is 8.49. The monoisotopic (exact) mass is 388 g/mol. The molecule has 0 aromatic heterocycles. The molecule has 0 fully saturated rings. The van der Waals surface area contributed by atoms with Crippen LogP contribution < -0.4 is 0 Å². The minimum atomic E-state index is -0.0365. The van der Waals surface area contributed by atoms with Crippen molar-refractivity contribution in [3.63, 3.8) is 0 Å². The minimum Gasteiger partial charge on any atom is -0.289 e. The molecule has 1 nitrogen and oxygen atoms in total. The summed E-state index contributed by atoms with van der Waals surface area (Å²) in [6, 6.07) is 9.37. The second-order valence-corrected chi connectivity index (χ2v) is 8.48. The number of carbonyl (C=O) groups is 1. The summed E-state index contributed by atoms with van der Waals surface area (Å²) in [5.41, 5.74) is 1.52. The van der Waals surface area contributed by atoms with Crippen molar-refractivity contribution in [3.8, 4) is 0 Å². The van der Waals surface area contributed by atoms with Crippen molar-refractivity contribution in [1.29, 1.82) is 0 Å². The molecule has 0 N–H and O–H groups in total. The van der Waals surface area contributed by atoms with Crippen LogP contribution in [0.15, 0.2) is 54.1 Å². The Morgan fingerprint density at radius 2 is 2.00 bits per heavy atom. The maximum atomic E-state index is 12.1. The molecule has 1 aliphatic carbocycles. The molecule has 0 heterocycles. The summed E-state index contributed by atoms with van der Waals surface area (Å²) < 4.78 is -0.0365. The lowest BCUT2D eigenvalue weighted by Crippen LogP contribution is -2.12. The van der Waals surface area contributed by atoms with Gasteiger partial charge in [-0.1, -0.05) is 87.1 Å². The van der Waals surface area contributed by atoms with Gasteiger partial charge in [-0.25, -0.2) is 0 Å². The number of benzene rings is 1. The van der Waals surface area contributed by atoms with E-state index in [-0.39, 0.29) is 8.11 Å². The van der Waals surface area contributed by atoms with Crippen LogP contribution in [0.4, 0.5) is 0 Å². The third-order valence-electron chi connectivity index (χ3n) is 2.40. The van der Waals surface area contributed by atoms with E-state index < -0.39 is 0 Å². The molecule has 0 saturated heterocycles. The number of hydrogen-bond acceptors (Lipinski definition) is 1. The fraction of sp³-hybridized carbons (Fsp3) is 0.154. The number of halogens is 2. The van der Waals surface area contributed by atoms with Crippen LogP contribution in [0.3, 0.4) is 0 Å². The van der Waals surface area contributed by atoms with Gasteiger partial charge in [0.15, 0.2) is 5.78 Å². The Kier molecular flexibility index (Phi) is 3.64. The van der Waals surface area contributed by atoms with Crippen molar-refractivity contribution < 1.29 is 4.79 Å². The van der Waals surface area contributed by atoms with E-state index in [0.717, 1.165) is 17.6 Å². The Labute approximate surface area is 117 Å². The number of allylic oxidation sites excluding steroid dienone is 4. The van der Waals surface area contributed by atoms with Crippen molar-refractivity contribution in [2.24, 2.45) is 0 Å². The van der Waals surface area contributed by atoms with E-state index >= 15 is 0 Å². The Bertz CT molecular complexity index is 460.